The maximum atomic E-state index is 10.2. The summed E-state index contributed by atoms with van der Waals surface area (Å²) in [5, 5.41) is 3.44. The van der Waals surface area contributed by atoms with E-state index in [4.69, 9.17) is 4.74 Å². The summed E-state index contributed by atoms with van der Waals surface area (Å²) >= 11 is 3.50. The number of nitrogens with one attached hydrogen (secondary N) is 1. The molecule has 1 fully saturated rings. The minimum absolute atomic E-state index is 0.0953. The molecule has 1 N–H and O–H groups in total. The molecule has 3 nitrogen and oxygen atoms in total. The average molecular weight is 284 g/mol. The van der Waals surface area contributed by atoms with Gasteiger partial charge in [-0.05, 0) is 40.4 Å². The molecule has 0 unspecified atom stereocenters. The Morgan fingerprint density at radius 2 is 2.31 bits per heavy atom. The van der Waals surface area contributed by atoms with Gasteiger partial charge in [0.05, 0.1) is 4.47 Å². The average Bonchev–Trinajstić information content (AvgIpc) is 3.10. The van der Waals surface area contributed by atoms with Crippen molar-refractivity contribution in [2.45, 2.75) is 25.4 Å². The highest BCUT2D eigenvalue weighted by Gasteiger charge is 2.20. The summed E-state index contributed by atoms with van der Waals surface area (Å²) in [5.74, 6) is 0.724. The first-order valence-corrected chi connectivity index (χ1v) is 6.18. The van der Waals surface area contributed by atoms with Crippen molar-refractivity contribution in [3.63, 3.8) is 0 Å². The van der Waals surface area contributed by atoms with Gasteiger partial charge in [-0.15, -0.1) is 0 Å². The van der Waals surface area contributed by atoms with Crippen LogP contribution in [0.5, 0.6) is 5.75 Å². The second kappa shape index (κ2) is 5.46. The van der Waals surface area contributed by atoms with Gasteiger partial charge in [0.1, 0.15) is 12.4 Å². The Hall–Kier alpha value is -0.870. The normalized spacial score (nSPS) is 14.8. The number of rotatable bonds is 6. The molecule has 1 aliphatic carbocycles. The fraction of sp³-hybridized carbons (Fsp3) is 0.417. The van der Waals surface area contributed by atoms with Crippen LogP contribution in [0.3, 0.4) is 0 Å². The summed E-state index contributed by atoms with van der Waals surface area (Å²) in [7, 11) is 0. The molecular weight excluding hydrogens is 270 g/mol. The molecule has 0 heterocycles. The van der Waals surface area contributed by atoms with Crippen molar-refractivity contribution >= 4 is 22.2 Å². The molecule has 1 aliphatic rings. The molecule has 4 heteroatoms. The predicted octanol–water partition coefficient (Wildman–Crippen LogP) is 2.28. The van der Waals surface area contributed by atoms with Crippen LogP contribution in [0.15, 0.2) is 22.7 Å². The lowest BCUT2D eigenvalue weighted by Gasteiger charge is -2.10. The van der Waals surface area contributed by atoms with Crippen molar-refractivity contribution in [1.82, 2.24) is 5.32 Å². The van der Waals surface area contributed by atoms with E-state index in [-0.39, 0.29) is 6.61 Å². The zero-order valence-corrected chi connectivity index (χ0v) is 10.5. The number of hydrogen-bond acceptors (Lipinski definition) is 3. The first-order valence-electron chi connectivity index (χ1n) is 5.38. The molecule has 0 aliphatic heterocycles. The molecule has 0 spiro atoms. The standard InChI is InChI=1S/C12H14BrNO2/c13-12-9(8-14-10-4-5-10)2-1-3-11(12)16-7-6-15/h1-3,6,10,14H,4-5,7-8H2. The molecule has 86 valence electrons. The zero-order chi connectivity index (χ0) is 11.4. The lowest BCUT2D eigenvalue weighted by Crippen LogP contribution is -2.15. The van der Waals surface area contributed by atoms with Crippen LogP contribution in [0, 0.1) is 0 Å². The maximum absolute atomic E-state index is 10.2. The number of halogens is 1. The number of ether oxygens (including phenoxy) is 1. The number of hydrogen-bond donors (Lipinski definition) is 1. The fourth-order valence-electron chi connectivity index (χ4n) is 1.47. The SMILES string of the molecule is O=CCOc1cccc(CNC2CC2)c1Br. The van der Waals surface area contributed by atoms with Gasteiger partial charge in [0.2, 0.25) is 0 Å². The van der Waals surface area contributed by atoms with E-state index in [1.807, 2.05) is 18.2 Å². The van der Waals surface area contributed by atoms with Crippen LogP contribution < -0.4 is 10.1 Å². The Kier molecular flexibility index (Phi) is 3.96. The highest BCUT2D eigenvalue weighted by molar-refractivity contribution is 9.10. The van der Waals surface area contributed by atoms with Crippen molar-refractivity contribution in [3.05, 3.63) is 28.2 Å². The molecule has 2 rings (SSSR count). The zero-order valence-electron chi connectivity index (χ0n) is 8.91. The number of carbonyl (C=O) groups is 1. The minimum atomic E-state index is 0.0953. The van der Waals surface area contributed by atoms with Crippen LogP contribution in [0.25, 0.3) is 0 Å². The van der Waals surface area contributed by atoms with Gasteiger partial charge >= 0.3 is 0 Å². The van der Waals surface area contributed by atoms with Crippen molar-refractivity contribution in [2.24, 2.45) is 0 Å². The Labute approximate surface area is 103 Å². The van der Waals surface area contributed by atoms with Crippen LogP contribution in [-0.4, -0.2) is 18.9 Å². The molecule has 0 aromatic heterocycles. The van der Waals surface area contributed by atoms with Crippen LogP contribution >= 0.6 is 15.9 Å². The first-order chi connectivity index (χ1) is 7.81. The quantitative estimate of drug-likeness (QED) is 0.814. The van der Waals surface area contributed by atoms with Crippen LogP contribution in [0.1, 0.15) is 18.4 Å². The Bertz CT molecular complexity index is 377. The van der Waals surface area contributed by atoms with Gasteiger partial charge in [-0.25, -0.2) is 0 Å². The molecule has 0 bridgehead atoms. The van der Waals surface area contributed by atoms with E-state index >= 15 is 0 Å². The molecule has 1 saturated carbocycles. The third-order valence-electron chi connectivity index (χ3n) is 2.51. The molecule has 0 radical (unpaired) electrons. The smallest absolute Gasteiger partial charge is 0.157 e. The van der Waals surface area contributed by atoms with Gasteiger partial charge < -0.3 is 10.1 Å². The molecular formula is C12H14BrNO2. The van der Waals surface area contributed by atoms with E-state index in [1.54, 1.807) is 0 Å². The van der Waals surface area contributed by atoms with Crippen molar-refractivity contribution in [1.29, 1.82) is 0 Å². The van der Waals surface area contributed by atoms with Crippen LogP contribution in [0.4, 0.5) is 0 Å². The van der Waals surface area contributed by atoms with Gasteiger partial charge in [-0.1, -0.05) is 12.1 Å². The number of carbonyl (C=O) groups excluding carboxylic acids is 1. The first kappa shape index (κ1) is 11.6. The predicted molar refractivity (Wildman–Crippen MR) is 65.6 cm³/mol. The summed E-state index contributed by atoms with van der Waals surface area (Å²) in [4.78, 5) is 10.2. The van der Waals surface area contributed by atoms with Crippen LogP contribution in [-0.2, 0) is 11.3 Å². The molecule has 1 aromatic rings. The van der Waals surface area contributed by atoms with Gasteiger partial charge in [-0.3, -0.25) is 4.79 Å². The molecule has 16 heavy (non-hydrogen) atoms. The van der Waals surface area contributed by atoms with Gasteiger partial charge in [0, 0.05) is 12.6 Å². The number of benzene rings is 1. The lowest BCUT2D eigenvalue weighted by atomic mass is 10.2. The second-order valence-corrected chi connectivity index (χ2v) is 4.66. The topological polar surface area (TPSA) is 38.3 Å². The Morgan fingerprint density at radius 1 is 1.50 bits per heavy atom. The third-order valence-corrected chi connectivity index (χ3v) is 3.41. The molecule has 0 amide bonds. The number of aldehydes is 1. The monoisotopic (exact) mass is 283 g/mol. The highest BCUT2D eigenvalue weighted by atomic mass is 79.9. The molecule has 0 atom stereocenters. The minimum Gasteiger partial charge on any atom is -0.485 e. The van der Waals surface area contributed by atoms with E-state index in [2.05, 4.69) is 21.2 Å². The van der Waals surface area contributed by atoms with Gasteiger partial charge in [0.15, 0.2) is 6.29 Å². The van der Waals surface area contributed by atoms with E-state index < -0.39 is 0 Å². The summed E-state index contributed by atoms with van der Waals surface area (Å²) in [6.07, 6.45) is 3.31. The Morgan fingerprint density at radius 3 is 3.00 bits per heavy atom. The van der Waals surface area contributed by atoms with Gasteiger partial charge in [0.25, 0.3) is 0 Å². The van der Waals surface area contributed by atoms with Crippen molar-refractivity contribution < 1.29 is 9.53 Å². The largest absolute Gasteiger partial charge is 0.485 e. The van der Waals surface area contributed by atoms with E-state index in [0.29, 0.717) is 6.04 Å². The molecule has 0 saturated heterocycles. The second-order valence-electron chi connectivity index (χ2n) is 3.86. The highest BCUT2D eigenvalue weighted by Crippen LogP contribution is 2.29. The lowest BCUT2D eigenvalue weighted by molar-refractivity contribution is -0.109. The van der Waals surface area contributed by atoms with E-state index in [9.17, 15) is 4.79 Å². The summed E-state index contributed by atoms with van der Waals surface area (Å²) in [6, 6.07) is 6.53. The summed E-state index contributed by atoms with van der Waals surface area (Å²) in [5.41, 5.74) is 1.16. The third kappa shape index (κ3) is 3.06. The summed E-state index contributed by atoms with van der Waals surface area (Å²) in [6.45, 7) is 0.932. The van der Waals surface area contributed by atoms with Gasteiger partial charge in [-0.2, -0.15) is 0 Å². The fourth-order valence-corrected chi connectivity index (χ4v) is 1.99. The van der Waals surface area contributed by atoms with E-state index in [1.165, 1.54) is 12.8 Å². The summed E-state index contributed by atoms with van der Waals surface area (Å²) < 4.78 is 6.24. The molecule has 1 aromatic carbocycles. The Balaban J connectivity index is 2.01. The van der Waals surface area contributed by atoms with Crippen LogP contribution in [0.2, 0.25) is 0 Å². The maximum Gasteiger partial charge on any atom is 0.157 e. The van der Waals surface area contributed by atoms with Crippen molar-refractivity contribution in [3.8, 4) is 5.75 Å². The van der Waals surface area contributed by atoms with E-state index in [0.717, 1.165) is 28.6 Å². The van der Waals surface area contributed by atoms with Crippen molar-refractivity contribution in [2.75, 3.05) is 6.61 Å².